The predicted octanol–water partition coefficient (Wildman–Crippen LogP) is 3.42. The van der Waals surface area contributed by atoms with Gasteiger partial charge in [-0.1, -0.05) is 38.5 Å². The van der Waals surface area contributed by atoms with E-state index in [0.29, 0.717) is 5.92 Å². The van der Waals surface area contributed by atoms with Crippen LogP contribution in [0.25, 0.3) is 5.57 Å². The number of rotatable bonds is 10. The van der Waals surface area contributed by atoms with Crippen LogP contribution in [0.4, 0.5) is 0 Å². The number of aliphatic hydroxyl groups excluding tert-OH is 1. The van der Waals surface area contributed by atoms with Crippen molar-refractivity contribution in [2.24, 2.45) is 5.92 Å². The lowest BCUT2D eigenvalue weighted by Crippen LogP contribution is -2.37. The Morgan fingerprint density at radius 2 is 1.86 bits per heavy atom. The first-order chi connectivity index (χ1) is 16.3. The molecule has 8 heteroatoms. The molecular weight excluding hydrogens is 452 g/mol. The quantitative estimate of drug-likeness (QED) is 0.199. The van der Waals surface area contributed by atoms with Crippen molar-refractivity contribution in [3.05, 3.63) is 58.7 Å². The van der Waals surface area contributed by atoms with Gasteiger partial charge in [-0.3, -0.25) is 14.4 Å². The topological polar surface area (TPSA) is 138 Å². The maximum Gasteiger partial charge on any atom is 0.342 e. The van der Waals surface area contributed by atoms with Gasteiger partial charge >= 0.3 is 5.97 Å². The molecule has 0 aliphatic heterocycles. The number of hydrogen-bond donors (Lipinski definition) is 3. The molecule has 0 saturated heterocycles. The molecule has 8 nitrogen and oxygen atoms in total. The van der Waals surface area contributed by atoms with E-state index in [2.05, 4.69) is 0 Å². The molecule has 0 amide bonds. The molecule has 3 N–H and O–H groups in total. The molecule has 0 aromatic heterocycles. The van der Waals surface area contributed by atoms with Gasteiger partial charge in [0.1, 0.15) is 17.1 Å². The maximum atomic E-state index is 12.9. The molecule has 0 fully saturated rings. The largest absolute Gasteiger partial charge is 0.506 e. The molecule has 3 unspecified atom stereocenters. The van der Waals surface area contributed by atoms with Crippen molar-refractivity contribution in [2.45, 2.75) is 58.7 Å². The Kier molecular flexibility index (Phi) is 9.06. The van der Waals surface area contributed by atoms with Crippen LogP contribution in [0.3, 0.4) is 0 Å². The highest BCUT2D eigenvalue weighted by molar-refractivity contribution is 6.15. The number of benzene rings is 1. The van der Waals surface area contributed by atoms with E-state index < -0.39 is 40.6 Å². The molecule has 0 heterocycles. The number of fused-ring (bicyclic) bond motifs is 1. The summed E-state index contributed by atoms with van der Waals surface area (Å²) < 4.78 is 4.77. The number of aromatic hydroxyl groups is 1. The monoisotopic (exact) mass is 484 g/mol. The Morgan fingerprint density at radius 1 is 1.20 bits per heavy atom. The molecule has 1 aliphatic carbocycles. The third-order valence-electron chi connectivity index (χ3n) is 5.93. The van der Waals surface area contributed by atoms with E-state index in [1.807, 2.05) is 19.9 Å². The van der Waals surface area contributed by atoms with Crippen LogP contribution in [-0.2, 0) is 19.9 Å². The van der Waals surface area contributed by atoms with Gasteiger partial charge in [0.2, 0.25) is 0 Å². The maximum absolute atomic E-state index is 12.9. The number of ketones is 3. The minimum Gasteiger partial charge on any atom is -0.506 e. The zero-order valence-electron chi connectivity index (χ0n) is 20.6. The van der Waals surface area contributed by atoms with Crippen molar-refractivity contribution in [1.82, 2.24) is 0 Å². The molecule has 0 saturated carbocycles. The number of hydrogen-bond acceptors (Lipinski definition) is 8. The lowest BCUT2D eigenvalue weighted by molar-refractivity contribution is -0.131. The van der Waals surface area contributed by atoms with Crippen molar-refractivity contribution >= 4 is 28.9 Å². The Labute approximate surface area is 204 Å². The van der Waals surface area contributed by atoms with E-state index in [0.717, 1.165) is 26.5 Å². The fourth-order valence-electron chi connectivity index (χ4n) is 3.80. The normalized spacial score (nSPS) is 19.4. The third-order valence-corrected chi connectivity index (χ3v) is 5.93. The highest BCUT2D eigenvalue weighted by Gasteiger charge is 2.43. The Morgan fingerprint density at radius 3 is 2.43 bits per heavy atom. The van der Waals surface area contributed by atoms with Gasteiger partial charge in [-0.2, -0.15) is 0 Å². The van der Waals surface area contributed by atoms with E-state index in [9.17, 15) is 34.5 Å². The van der Waals surface area contributed by atoms with E-state index in [1.54, 1.807) is 6.08 Å². The number of carbonyl (C=O) groups excluding carboxylic acids is 4. The average molecular weight is 485 g/mol. The minimum atomic E-state index is -2.22. The fourth-order valence-corrected chi connectivity index (χ4v) is 3.80. The van der Waals surface area contributed by atoms with Gasteiger partial charge in [0.15, 0.2) is 17.2 Å². The molecule has 0 bridgehead atoms. The molecule has 188 valence electrons. The smallest absolute Gasteiger partial charge is 0.342 e. The number of allylic oxidation sites excluding steroid dienone is 5. The lowest BCUT2D eigenvalue weighted by Gasteiger charge is -2.32. The first-order valence-corrected chi connectivity index (χ1v) is 11.4. The SMILES string of the molecule is CCC(C)/C=C/C=C/C(=O)c1cc2c(c(C(=O)OC)c1O)C(C)(O)C(=O)C=C2CC(=O)CC(C)O. The van der Waals surface area contributed by atoms with Crippen LogP contribution in [0.2, 0.25) is 0 Å². The highest BCUT2D eigenvalue weighted by atomic mass is 16.5. The summed E-state index contributed by atoms with van der Waals surface area (Å²) in [5.41, 5.74) is -2.99. The number of carbonyl (C=O) groups is 4. The summed E-state index contributed by atoms with van der Waals surface area (Å²) in [6.07, 6.45) is 6.99. The van der Waals surface area contributed by atoms with Crippen LogP contribution in [-0.4, -0.2) is 51.9 Å². The van der Waals surface area contributed by atoms with Crippen molar-refractivity contribution in [3.63, 3.8) is 0 Å². The second-order valence-electron chi connectivity index (χ2n) is 8.93. The van der Waals surface area contributed by atoms with Crippen LogP contribution >= 0.6 is 0 Å². The van der Waals surface area contributed by atoms with Crippen molar-refractivity contribution in [3.8, 4) is 5.75 Å². The van der Waals surface area contributed by atoms with Gasteiger partial charge in [0.05, 0.1) is 18.8 Å². The summed E-state index contributed by atoms with van der Waals surface area (Å²) in [7, 11) is 1.06. The Balaban J connectivity index is 2.72. The van der Waals surface area contributed by atoms with E-state index >= 15 is 0 Å². The molecular formula is C27H32O8. The lowest BCUT2D eigenvalue weighted by atomic mass is 9.74. The molecule has 35 heavy (non-hydrogen) atoms. The van der Waals surface area contributed by atoms with E-state index in [1.165, 1.54) is 25.1 Å². The van der Waals surface area contributed by atoms with Crippen LogP contribution in [0.15, 0.2) is 36.4 Å². The van der Waals surface area contributed by atoms with Crippen LogP contribution in [0.1, 0.15) is 78.8 Å². The van der Waals surface area contributed by atoms with Gasteiger partial charge in [-0.25, -0.2) is 4.79 Å². The molecule has 3 atom stereocenters. The summed E-state index contributed by atoms with van der Waals surface area (Å²) in [6, 6.07) is 1.25. The number of phenolic OH excluding ortho intramolecular Hbond substituents is 1. The molecule has 0 spiro atoms. The van der Waals surface area contributed by atoms with Crippen molar-refractivity contribution < 1.29 is 39.2 Å². The predicted molar refractivity (Wildman–Crippen MR) is 130 cm³/mol. The fraction of sp³-hybridized carbons (Fsp3) is 0.407. The average Bonchev–Trinajstić information content (AvgIpc) is 2.78. The molecule has 2 rings (SSSR count). The number of phenols is 1. The zero-order chi connectivity index (χ0) is 26.5. The molecule has 1 aromatic rings. The van der Waals surface area contributed by atoms with Crippen LogP contribution < -0.4 is 0 Å². The first-order valence-electron chi connectivity index (χ1n) is 11.4. The van der Waals surface area contributed by atoms with Gasteiger partial charge in [0.25, 0.3) is 0 Å². The Bertz CT molecular complexity index is 1120. The van der Waals surface area contributed by atoms with Gasteiger partial charge in [-0.05, 0) is 49.1 Å². The number of ether oxygens (including phenoxy) is 1. The zero-order valence-corrected chi connectivity index (χ0v) is 20.6. The molecule has 0 radical (unpaired) electrons. The van der Waals surface area contributed by atoms with Gasteiger partial charge < -0.3 is 20.1 Å². The summed E-state index contributed by atoms with van der Waals surface area (Å²) in [6.45, 7) is 6.65. The summed E-state index contributed by atoms with van der Waals surface area (Å²) in [4.78, 5) is 50.7. The summed E-state index contributed by atoms with van der Waals surface area (Å²) in [5, 5.41) is 31.4. The first kappa shape index (κ1) is 27.9. The van der Waals surface area contributed by atoms with Gasteiger partial charge in [0, 0.05) is 18.4 Å². The van der Waals surface area contributed by atoms with Gasteiger partial charge in [-0.15, -0.1) is 0 Å². The third kappa shape index (κ3) is 6.21. The highest BCUT2D eigenvalue weighted by Crippen LogP contribution is 2.44. The van der Waals surface area contributed by atoms with E-state index in [-0.39, 0.29) is 40.9 Å². The summed E-state index contributed by atoms with van der Waals surface area (Å²) in [5.74, 6) is -3.30. The van der Waals surface area contributed by atoms with E-state index in [4.69, 9.17) is 4.74 Å². The van der Waals surface area contributed by atoms with Crippen molar-refractivity contribution in [2.75, 3.05) is 7.11 Å². The molecule has 1 aromatic carbocycles. The Hall–Kier alpha value is -3.36. The van der Waals surface area contributed by atoms with Crippen molar-refractivity contribution in [1.29, 1.82) is 0 Å². The second kappa shape index (κ2) is 11.4. The second-order valence-corrected chi connectivity index (χ2v) is 8.93. The standard InChI is InChI=1S/C27H32O8/c1-6-15(2)9-7-8-10-21(30)20-14-19-17(12-18(29)11-16(3)28)13-22(31)27(4,34)24(19)23(25(20)32)26(33)35-5/h7-10,13-16,28,32,34H,6,11-12H2,1-5H3/b9-7+,10-8+. The van der Waals surface area contributed by atoms with Crippen LogP contribution in [0, 0.1) is 5.92 Å². The number of esters is 1. The molecule has 1 aliphatic rings. The number of Topliss-reactive ketones (excluding diaryl/α,β-unsaturated/α-hetero) is 1. The number of methoxy groups -OCH3 is 1. The summed E-state index contributed by atoms with van der Waals surface area (Å²) >= 11 is 0. The number of aliphatic hydroxyl groups is 2. The minimum absolute atomic E-state index is 0.0960. The van der Waals surface area contributed by atoms with Crippen LogP contribution in [0.5, 0.6) is 5.75 Å².